The molecule has 67 heavy (non-hydrogen) atoms. The summed E-state index contributed by atoms with van der Waals surface area (Å²) in [4.78, 5) is 24.5. The maximum Gasteiger partial charge on any atom is 0.305 e. The number of amides is 1. The van der Waals surface area contributed by atoms with Crippen LogP contribution in [-0.2, 0) is 14.3 Å². The van der Waals surface area contributed by atoms with Crippen LogP contribution in [0.3, 0.4) is 0 Å². The van der Waals surface area contributed by atoms with Gasteiger partial charge in [0.2, 0.25) is 5.91 Å². The van der Waals surface area contributed by atoms with Crippen LogP contribution in [0.1, 0.15) is 316 Å². The number of unbranched alkanes of at least 4 members (excludes halogenated alkanes) is 40. The van der Waals surface area contributed by atoms with Gasteiger partial charge in [0.25, 0.3) is 0 Å². The largest absolute Gasteiger partial charge is 0.465 e. The van der Waals surface area contributed by atoms with Crippen molar-refractivity contribution < 1.29 is 24.5 Å². The zero-order valence-electron chi connectivity index (χ0n) is 44.9. The van der Waals surface area contributed by atoms with Gasteiger partial charge in [0, 0.05) is 12.8 Å². The van der Waals surface area contributed by atoms with Crippen LogP contribution in [0.25, 0.3) is 0 Å². The summed E-state index contributed by atoms with van der Waals surface area (Å²) in [6, 6.07) is -0.631. The normalized spacial score (nSPS) is 12.8. The number of hydrogen-bond donors (Lipinski definition) is 3. The Balaban J connectivity index is 3.47. The van der Waals surface area contributed by atoms with E-state index < -0.39 is 12.1 Å². The lowest BCUT2D eigenvalue weighted by molar-refractivity contribution is -0.143. The maximum atomic E-state index is 12.5. The molecule has 0 aliphatic rings. The summed E-state index contributed by atoms with van der Waals surface area (Å²) in [6.45, 7) is 4.81. The molecule has 0 aromatic heterocycles. The number of nitrogens with one attached hydrogen (secondary N) is 1. The van der Waals surface area contributed by atoms with E-state index in [-0.39, 0.29) is 18.5 Å². The fourth-order valence-electron chi connectivity index (χ4n) is 9.12. The summed E-state index contributed by atoms with van der Waals surface area (Å²) in [6.07, 6.45) is 70.4. The van der Waals surface area contributed by atoms with E-state index in [0.29, 0.717) is 19.4 Å². The van der Waals surface area contributed by atoms with Crippen molar-refractivity contribution in [3.05, 3.63) is 36.5 Å². The Morgan fingerprint density at radius 3 is 1.13 bits per heavy atom. The molecule has 0 bridgehead atoms. The van der Waals surface area contributed by atoms with Crippen LogP contribution in [0.2, 0.25) is 0 Å². The Hall–Kier alpha value is -1.92. The second kappa shape index (κ2) is 56.7. The number of ether oxygens (including phenoxy) is 1. The summed E-state index contributed by atoms with van der Waals surface area (Å²) >= 11 is 0. The summed E-state index contributed by atoms with van der Waals surface area (Å²) in [5, 5.41) is 23.1. The van der Waals surface area contributed by atoms with Crippen LogP contribution < -0.4 is 5.32 Å². The zero-order chi connectivity index (χ0) is 48.6. The fourth-order valence-corrected chi connectivity index (χ4v) is 9.12. The lowest BCUT2D eigenvalue weighted by atomic mass is 10.0. The van der Waals surface area contributed by atoms with Crippen LogP contribution in [0.4, 0.5) is 0 Å². The highest BCUT2D eigenvalue weighted by atomic mass is 16.5. The lowest BCUT2D eigenvalue weighted by Gasteiger charge is -2.20. The van der Waals surface area contributed by atoms with Crippen molar-refractivity contribution in [1.29, 1.82) is 0 Å². The first-order valence-corrected chi connectivity index (χ1v) is 29.8. The molecule has 6 nitrogen and oxygen atoms in total. The van der Waals surface area contributed by atoms with E-state index in [1.165, 1.54) is 238 Å². The van der Waals surface area contributed by atoms with Gasteiger partial charge < -0.3 is 20.3 Å². The van der Waals surface area contributed by atoms with Gasteiger partial charge in [0.15, 0.2) is 0 Å². The number of aliphatic hydroxyl groups is 2. The van der Waals surface area contributed by atoms with Gasteiger partial charge in [-0.1, -0.05) is 288 Å². The van der Waals surface area contributed by atoms with Crippen molar-refractivity contribution in [1.82, 2.24) is 5.32 Å². The number of aliphatic hydroxyl groups excluding tert-OH is 2. The standard InChI is InChI=1S/C61H115NO5/c1-3-5-7-9-11-13-15-17-26-29-33-37-41-45-49-53-59(64)58(57-63)62-60(65)54-50-46-42-38-34-30-27-24-22-20-19-21-23-25-28-32-36-40-44-48-52-56-67-61(66)55-51-47-43-39-35-31-18-16-14-12-10-8-6-4-2/h32,36,44,48-49,53,58-59,63-64H,3-31,33-35,37-43,45-47,50-52,54-57H2,1-2H3,(H,62,65)/b36-32-,48-44-,53-49+. The number of carbonyl (C=O) groups is 2. The number of carbonyl (C=O) groups excluding carboxylic acids is 2. The summed E-state index contributed by atoms with van der Waals surface area (Å²) in [5.41, 5.74) is 0. The van der Waals surface area contributed by atoms with Gasteiger partial charge >= 0.3 is 5.97 Å². The average molecular weight is 943 g/mol. The molecule has 0 saturated heterocycles. The zero-order valence-corrected chi connectivity index (χ0v) is 44.9. The number of hydrogen-bond acceptors (Lipinski definition) is 5. The van der Waals surface area contributed by atoms with Crippen molar-refractivity contribution in [3.63, 3.8) is 0 Å². The maximum absolute atomic E-state index is 12.5. The molecule has 0 aliphatic carbocycles. The minimum Gasteiger partial charge on any atom is -0.465 e. The van der Waals surface area contributed by atoms with Gasteiger partial charge in [-0.05, 0) is 51.4 Å². The Kier molecular flexibility index (Phi) is 55.0. The molecule has 6 heteroatoms. The molecule has 0 saturated carbocycles. The van der Waals surface area contributed by atoms with Crippen molar-refractivity contribution in [2.24, 2.45) is 0 Å². The van der Waals surface area contributed by atoms with Crippen LogP contribution >= 0.6 is 0 Å². The van der Waals surface area contributed by atoms with Crippen molar-refractivity contribution >= 4 is 11.9 Å². The minimum absolute atomic E-state index is 0.0337. The van der Waals surface area contributed by atoms with Crippen molar-refractivity contribution in [2.75, 3.05) is 13.2 Å². The molecular weight excluding hydrogens is 827 g/mol. The Morgan fingerprint density at radius 2 is 0.746 bits per heavy atom. The molecule has 0 aromatic carbocycles. The predicted molar refractivity (Wildman–Crippen MR) is 292 cm³/mol. The molecule has 2 atom stereocenters. The molecule has 0 radical (unpaired) electrons. The molecule has 0 fully saturated rings. The van der Waals surface area contributed by atoms with E-state index in [4.69, 9.17) is 4.74 Å². The molecule has 0 rings (SSSR count). The van der Waals surface area contributed by atoms with Gasteiger partial charge in [-0.2, -0.15) is 0 Å². The van der Waals surface area contributed by atoms with E-state index in [9.17, 15) is 19.8 Å². The quantitative estimate of drug-likeness (QED) is 0.0321. The van der Waals surface area contributed by atoms with E-state index in [1.807, 2.05) is 6.08 Å². The molecule has 0 spiro atoms. The number of rotatable bonds is 55. The molecule has 2 unspecified atom stereocenters. The van der Waals surface area contributed by atoms with Gasteiger partial charge in [0.05, 0.1) is 25.4 Å². The topological polar surface area (TPSA) is 95.9 Å². The Morgan fingerprint density at radius 1 is 0.418 bits per heavy atom. The summed E-state index contributed by atoms with van der Waals surface area (Å²) in [7, 11) is 0. The SMILES string of the molecule is CCCCCCCCCCCCCCC/C=C/C(O)C(CO)NC(=O)CCCCCCCCCCCCCCCC/C=C\C/C=C\CCOC(=O)CCCCCCCCCCCCCCCC. The number of allylic oxidation sites excluding steroid dienone is 4. The number of esters is 1. The molecule has 0 aliphatic heterocycles. The Bertz CT molecular complexity index is 1090. The van der Waals surface area contributed by atoms with Crippen LogP contribution in [0, 0.1) is 0 Å². The third-order valence-electron chi connectivity index (χ3n) is 13.7. The van der Waals surface area contributed by atoms with E-state index >= 15 is 0 Å². The van der Waals surface area contributed by atoms with Gasteiger partial charge in [-0.3, -0.25) is 9.59 Å². The molecule has 3 N–H and O–H groups in total. The van der Waals surface area contributed by atoms with Gasteiger partial charge in [-0.25, -0.2) is 0 Å². The fraction of sp³-hybridized carbons (Fsp3) is 0.869. The van der Waals surface area contributed by atoms with Gasteiger partial charge in [0.1, 0.15) is 0 Å². The average Bonchev–Trinajstić information content (AvgIpc) is 3.33. The molecule has 1 amide bonds. The van der Waals surface area contributed by atoms with Crippen LogP contribution in [-0.4, -0.2) is 47.4 Å². The molecular formula is C61H115NO5. The van der Waals surface area contributed by atoms with E-state index in [2.05, 4.69) is 43.5 Å². The predicted octanol–water partition coefficient (Wildman–Crippen LogP) is 18.4. The lowest BCUT2D eigenvalue weighted by Crippen LogP contribution is -2.45. The van der Waals surface area contributed by atoms with Gasteiger partial charge in [-0.15, -0.1) is 0 Å². The highest BCUT2D eigenvalue weighted by Gasteiger charge is 2.18. The first-order valence-electron chi connectivity index (χ1n) is 29.8. The van der Waals surface area contributed by atoms with E-state index in [1.54, 1.807) is 6.08 Å². The van der Waals surface area contributed by atoms with Crippen LogP contribution in [0.5, 0.6) is 0 Å². The highest BCUT2D eigenvalue weighted by Crippen LogP contribution is 2.17. The first-order chi connectivity index (χ1) is 33.0. The monoisotopic (exact) mass is 942 g/mol. The van der Waals surface area contributed by atoms with E-state index in [0.717, 1.165) is 51.4 Å². The third kappa shape index (κ3) is 53.3. The second-order valence-corrected chi connectivity index (χ2v) is 20.3. The van der Waals surface area contributed by atoms with Crippen molar-refractivity contribution in [2.45, 2.75) is 328 Å². The third-order valence-corrected chi connectivity index (χ3v) is 13.7. The molecule has 0 heterocycles. The first kappa shape index (κ1) is 65.1. The van der Waals surface area contributed by atoms with Crippen LogP contribution in [0.15, 0.2) is 36.5 Å². The summed E-state index contributed by atoms with van der Waals surface area (Å²) < 4.78 is 5.42. The van der Waals surface area contributed by atoms with Crippen molar-refractivity contribution in [3.8, 4) is 0 Å². The molecule has 394 valence electrons. The second-order valence-electron chi connectivity index (χ2n) is 20.3. The smallest absolute Gasteiger partial charge is 0.305 e. The highest BCUT2D eigenvalue weighted by molar-refractivity contribution is 5.76. The summed E-state index contributed by atoms with van der Waals surface area (Å²) in [5.74, 6) is -0.106. The Labute approximate surface area is 417 Å². The molecule has 0 aromatic rings. The minimum atomic E-state index is -0.848.